The molecule has 1 aliphatic rings. The lowest BCUT2D eigenvalue weighted by molar-refractivity contribution is 0.0258. The van der Waals surface area contributed by atoms with E-state index in [0.717, 1.165) is 38.4 Å². The quantitative estimate of drug-likeness (QED) is 0.742. The average Bonchev–Trinajstić information content (AvgIpc) is 2.35. The van der Waals surface area contributed by atoms with Gasteiger partial charge in [0.2, 0.25) is 0 Å². The molecule has 0 spiro atoms. The monoisotopic (exact) mass is 252 g/mol. The summed E-state index contributed by atoms with van der Waals surface area (Å²) in [6.07, 6.45) is 3.26. The van der Waals surface area contributed by atoms with Crippen molar-refractivity contribution >= 4 is 11.6 Å². The van der Waals surface area contributed by atoms with E-state index in [1.165, 1.54) is 16.7 Å². The summed E-state index contributed by atoms with van der Waals surface area (Å²) in [7, 11) is 0. The topological polar surface area (TPSA) is 9.23 Å². The first-order valence-electron chi connectivity index (χ1n) is 6.35. The number of alkyl halides is 1. The highest BCUT2D eigenvalue weighted by Crippen LogP contribution is 2.35. The zero-order chi connectivity index (χ0) is 12.3. The lowest BCUT2D eigenvalue weighted by atomic mass is 9.76. The van der Waals surface area contributed by atoms with E-state index in [1.807, 2.05) is 0 Å². The predicted octanol–water partition coefficient (Wildman–Crippen LogP) is 3.88. The summed E-state index contributed by atoms with van der Waals surface area (Å²) in [4.78, 5) is 0. The van der Waals surface area contributed by atoms with Crippen LogP contribution >= 0.6 is 11.6 Å². The van der Waals surface area contributed by atoms with E-state index >= 15 is 0 Å². The Morgan fingerprint density at radius 1 is 1.18 bits per heavy atom. The van der Waals surface area contributed by atoms with Gasteiger partial charge in [0.05, 0.1) is 0 Å². The minimum Gasteiger partial charge on any atom is -0.381 e. The largest absolute Gasteiger partial charge is 0.381 e. The molecule has 94 valence electrons. The second kappa shape index (κ2) is 5.41. The van der Waals surface area contributed by atoms with Gasteiger partial charge in [-0.3, -0.25) is 0 Å². The van der Waals surface area contributed by atoms with E-state index < -0.39 is 0 Å². The maximum Gasteiger partial charge on any atom is 0.0471 e. The van der Waals surface area contributed by atoms with Crippen LogP contribution in [0.15, 0.2) is 18.2 Å². The molecule has 1 aromatic rings. The first-order valence-corrected chi connectivity index (χ1v) is 6.88. The molecule has 1 aliphatic heterocycles. The molecule has 2 rings (SSSR count). The third-order valence-electron chi connectivity index (χ3n) is 3.99. The van der Waals surface area contributed by atoms with E-state index in [4.69, 9.17) is 16.3 Å². The molecule has 0 N–H and O–H groups in total. The molecule has 0 saturated carbocycles. The Bertz CT molecular complexity index is 381. The van der Waals surface area contributed by atoms with Crippen molar-refractivity contribution in [3.8, 4) is 0 Å². The van der Waals surface area contributed by atoms with Crippen LogP contribution in [0.4, 0.5) is 0 Å². The van der Waals surface area contributed by atoms with E-state index in [9.17, 15) is 0 Å². The van der Waals surface area contributed by atoms with Crippen LogP contribution in [0.25, 0.3) is 0 Å². The van der Waals surface area contributed by atoms with E-state index in [-0.39, 0.29) is 5.41 Å². The zero-order valence-corrected chi connectivity index (χ0v) is 11.5. The molecular weight excluding hydrogens is 232 g/mol. The molecule has 0 unspecified atom stereocenters. The van der Waals surface area contributed by atoms with Crippen molar-refractivity contribution in [2.75, 3.05) is 19.1 Å². The minimum atomic E-state index is 0.251. The molecule has 2 heteroatoms. The summed E-state index contributed by atoms with van der Waals surface area (Å²) in [5, 5.41) is 0. The van der Waals surface area contributed by atoms with E-state index in [2.05, 4.69) is 32.0 Å². The molecule has 0 atom stereocenters. The van der Waals surface area contributed by atoms with Gasteiger partial charge in [-0.2, -0.15) is 0 Å². The van der Waals surface area contributed by atoms with Crippen molar-refractivity contribution in [2.45, 2.75) is 33.1 Å². The number of rotatable bonds is 3. The van der Waals surface area contributed by atoms with Gasteiger partial charge in [-0.05, 0) is 55.2 Å². The second-order valence-corrected chi connectivity index (χ2v) is 5.61. The van der Waals surface area contributed by atoms with Gasteiger partial charge in [0.1, 0.15) is 0 Å². The Hall–Kier alpha value is -0.530. The standard InChI is InChI=1S/C15H21ClO/c1-12-3-4-14(9-13(12)2)10-15(11-16)5-7-17-8-6-15/h3-4,9H,5-8,10-11H2,1-2H3. The first-order chi connectivity index (χ1) is 8.15. The summed E-state index contributed by atoms with van der Waals surface area (Å²) in [5.74, 6) is 0.739. The van der Waals surface area contributed by atoms with Crippen LogP contribution in [0.1, 0.15) is 29.5 Å². The fraction of sp³-hybridized carbons (Fsp3) is 0.600. The van der Waals surface area contributed by atoms with E-state index in [1.54, 1.807) is 0 Å². The third kappa shape index (κ3) is 3.02. The van der Waals surface area contributed by atoms with Crippen molar-refractivity contribution in [1.29, 1.82) is 0 Å². The van der Waals surface area contributed by atoms with Gasteiger partial charge in [-0.15, -0.1) is 11.6 Å². The molecule has 17 heavy (non-hydrogen) atoms. The Morgan fingerprint density at radius 3 is 2.47 bits per heavy atom. The van der Waals surface area contributed by atoms with Crippen LogP contribution in [0.3, 0.4) is 0 Å². The predicted molar refractivity (Wildman–Crippen MR) is 72.8 cm³/mol. The highest BCUT2D eigenvalue weighted by Gasteiger charge is 2.31. The number of aryl methyl sites for hydroxylation is 2. The summed E-state index contributed by atoms with van der Waals surface area (Å²) >= 11 is 6.20. The average molecular weight is 253 g/mol. The SMILES string of the molecule is Cc1ccc(CC2(CCl)CCOCC2)cc1C. The highest BCUT2D eigenvalue weighted by atomic mass is 35.5. The fourth-order valence-corrected chi connectivity index (χ4v) is 2.87. The van der Waals surface area contributed by atoms with Crippen LogP contribution in [0.5, 0.6) is 0 Å². The maximum atomic E-state index is 6.20. The Balaban J connectivity index is 2.14. The Morgan fingerprint density at radius 2 is 1.88 bits per heavy atom. The summed E-state index contributed by atoms with van der Waals surface area (Å²) in [6.45, 7) is 6.05. The molecule has 0 aromatic heterocycles. The van der Waals surface area contributed by atoms with Crippen LogP contribution in [0, 0.1) is 19.3 Å². The lowest BCUT2D eigenvalue weighted by Gasteiger charge is -2.35. The van der Waals surface area contributed by atoms with Gasteiger partial charge < -0.3 is 4.74 Å². The first kappa shape index (κ1) is 12.9. The Kier molecular flexibility index (Phi) is 4.11. The molecule has 1 saturated heterocycles. The molecule has 1 aromatic carbocycles. The van der Waals surface area contributed by atoms with Crippen LogP contribution in [-0.4, -0.2) is 19.1 Å². The Labute approximate surface area is 109 Å². The maximum absolute atomic E-state index is 6.20. The number of ether oxygens (including phenoxy) is 1. The van der Waals surface area contributed by atoms with Gasteiger partial charge in [0.25, 0.3) is 0 Å². The number of benzene rings is 1. The van der Waals surface area contributed by atoms with Gasteiger partial charge in [-0.1, -0.05) is 18.2 Å². The molecular formula is C15H21ClO. The van der Waals surface area contributed by atoms with Crippen LogP contribution < -0.4 is 0 Å². The normalized spacial score (nSPS) is 19.2. The lowest BCUT2D eigenvalue weighted by Crippen LogP contribution is -2.33. The zero-order valence-electron chi connectivity index (χ0n) is 10.8. The summed E-state index contributed by atoms with van der Waals surface area (Å²) in [5.41, 5.74) is 4.40. The van der Waals surface area contributed by atoms with Crippen molar-refractivity contribution in [3.63, 3.8) is 0 Å². The molecule has 0 radical (unpaired) electrons. The van der Waals surface area contributed by atoms with Gasteiger partial charge in [0, 0.05) is 19.1 Å². The van der Waals surface area contributed by atoms with Crippen molar-refractivity contribution in [2.24, 2.45) is 5.41 Å². The minimum absolute atomic E-state index is 0.251. The highest BCUT2D eigenvalue weighted by molar-refractivity contribution is 6.18. The molecule has 1 fully saturated rings. The third-order valence-corrected chi connectivity index (χ3v) is 4.55. The fourth-order valence-electron chi connectivity index (χ4n) is 2.51. The summed E-state index contributed by atoms with van der Waals surface area (Å²) in [6, 6.07) is 6.76. The van der Waals surface area contributed by atoms with Crippen molar-refractivity contribution in [3.05, 3.63) is 34.9 Å². The van der Waals surface area contributed by atoms with E-state index in [0.29, 0.717) is 0 Å². The summed E-state index contributed by atoms with van der Waals surface area (Å²) < 4.78 is 5.45. The van der Waals surface area contributed by atoms with Crippen LogP contribution in [-0.2, 0) is 11.2 Å². The molecule has 1 nitrogen and oxygen atoms in total. The van der Waals surface area contributed by atoms with Crippen molar-refractivity contribution < 1.29 is 4.74 Å². The smallest absolute Gasteiger partial charge is 0.0471 e. The van der Waals surface area contributed by atoms with Crippen LogP contribution in [0.2, 0.25) is 0 Å². The number of hydrogen-bond acceptors (Lipinski definition) is 1. The molecule has 1 heterocycles. The van der Waals surface area contributed by atoms with Gasteiger partial charge in [-0.25, -0.2) is 0 Å². The number of halogens is 1. The van der Waals surface area contributed by atoms with Gasteiger partial charge >= 0.3 is 0 Å². The molecule has 0 aliphatic carbocycles. The molecule has 0 amide bonds. The molecule has 0 bridgehead atoms. The number of hydrogen-bond donors (Lipinski definition) is 0. The van der Waals surface area contributed by atoms with Gasteiger partial charge in [0.15, 0.2) is 0 Å². The second-order valence-electron chi connectivity index (χ2n) is 5.34. The van der Waals surface area contributed by atoms with Crippen molar-refractivity contribution in [1.82, 2.24) is 0 Å².